The Bertz CT molecular complexity index is 792. The van der Waals surface area contributed by atoms with E-state index in [4.69, 9.17) is 5.73 Å². The summed E-state index contributed by atoms with van der Waals surface area (Å²) in [6, 6.07) is 6.37. The number of nitro groups is 1. The van der Waals surface area contributed by atoms with E-state index in [2.05, 4.69) is 25.6 Å². The number of rotatable bonds is 4. The van der Waals surface area contributed by atoms with Crippen LogP contribution in [0.5, 0.6) is 0 Å². The maximum Gasteiger partial charge on any atom is 0.270 e. The highest BCUT2D eigenvalue weighted by atomic mass is 79.9. The zero-order valence-electron chi connectivity index (χ0n) is 10.4. The molecule has 2 aromatic rings. The average molecular weight is 373 g/mol. The van der Waals surface area contributed by atoms with Crippen molar-refractivity contribution >= 4 is 43.1 Å². The van der Waals surface area contributed by atoms with Crippen LogP contribution in [-0.4, -0.2) is 18.3 Å². The van der Waals surface area contributed by atoms with Gasteiger partial charge in [0.2, 0.25) is 0 Å². The van der Waals surface area contributed by atoms with Gasteiger partial charge in [-0.15, -0.1) is 0 Å². The van der Waals surface area contributed by atoms with Crippen LogP contribution in [-0.2, 0) is 10.0 Å². The number of hydrogen-bond acceptors (Lipinski definition) is 6. The van der Waals surface area contributed by atoms with Crippen molar-refractivity contribution in [1.29, 1.82) is 0 Å². The number of benzene rings is 1. The van der Waals surface area contributed by atoms with Crippen molar-refractivity contribution in [3.05, 3.63) is 51.1 Å². The number of nitrogens with one attached hydrogen (secondary N) is 1. The van der Waals surface area contributed by atoms with E-state index in [9.17, 15) is 18.5 Å². The Morgan fingerprint density at radius 2 is 2.00 bits per heavy atom. The van der Waals surface area contributed by atoms with Gasteiger partial charge in [-0.1, -0.05) is 0 Å². The molecule has 1 aromatic carbocycles. The van der Waals surface area contributed by atoms with Crippen molar-refractivity contribution in [3.8, 4) is 0 Å². The van der Waals surface area contributed by atoms with Crippen molar-refractivity contribution in [2.45, 2.75) is 4.90 Å². The highest BCUT2D eigenvalue weighted by molar-refractivity contribution is 9.10. The highest BCUT2D eigenvalue weighted by Crippen LogP contribution is 2.28. The molecule has 0 aliphatic carbocycles. The van der Waals surface area contributed by atoms with Gasteiger partial charge in [0.15, 0.2) is 0 Å². The summed E-state index contributed by atoms with van der Waals surface area (Å²) >= 11 is 3.09. The molecule has 2 rings (SSSR count). The fourth-order valence-corrected chi connectivity index (χ4v) is 3.08. The zero-order valence-corrected chi connectivity index (χ0v) is 12.8. The second-order valence-electron chi connectivity index (χ2n) is 3.95. The number of nitrogen functional groups attached to an aromatic ring is 1. The van der Waals surface area contributed by atoms with Crippen molar-refractivity contribution in [1.82, 2.24) is 4.98 Å². The molecule has 0 saturated heterocycles. The number of pyridine rings is 1. The first-order valence-corrected chi connectivity index (χ1v) is 7.75. The topological polar surface area (TPSA) is 128 Å². The molecule has 110 valence electrons. The first-order chi connectivity index (χ1) is 9.79. The van der Waals surface area contributed by atoms with Crippen LogP contribution in [0.4, 0.5) is 17.2 Å². The second kappa shape index (κ2) is 5.66. The minimum absolute atomic E-state index is 0.0676. The van der Waals surface area contributed by atoms with Crippen LogP contribution < -0.4 is 10.5 Å². The molecule has 0 atom stereocenters. The molecular weight excluding hydrogens is 364 g/mol. The van der Waals surface area contributed by atoms with Gasteiger partial charge in [0, 0.05) is 22.8 Å². The minimum atomic E-state index is -3.85. The molecule has 0 fully saturated rings. The predicted molar refractivity (Wildman–Crippen MR) is 80.3 cm³/mol. The molecule has 1 aromatic heterocycles. The molecule has 8 nitrogen and oxygen atoms in total. The number of non-ortho nitro benzene ring substituents is 1. The van der Waals surface area contributed by atoms with Crippen LogP contribution >= 0.6 is 15.9 Å². The highest BCUT2D eigenvalue weighted by Gasteiger charge is 2.17. The normalized spacial score (nSPS) is 11.1. The largest absolute Gasteiger partial charge is 0.384 e. The molecule has 3 N–H and O–H groups in total. The molecule has 10 heteroatoms. The van der Waals surface area contributed by atoms with Crippen LogP contribution in [0.25, 0.3) is 0 Å². The molecule has 0 spiro atoms. The Morgan fingerprint density at radius 3 is 2.52 bits per heavy atom. The molecule has 1 heterocycles. The van der Waals surface area contributed by atoms with E-state index in [-0.39, 0.29) is 26.6 Å². The van der Waals surface area contributed by atoms with Crippen molar-refractivity contribution in [2.75, 3.05) is 10.5 Å². The maximum atomic E-state index is 12.1. The number of nitro benzene ring substituents is 1. The summed E-state index contributed by atoms with van der Waals surface area (Å²) in [5, 5.41) is 10.6. The van der Waals surface area contributed by atoms with Gasteiger partial charge in [-0.25, -0.2) is 13.4 Å². The van der Waals surface area contributed by atoms with Gasteiger partial charge < -0.3 is 5.73 Å². The van der Waals surface area contributed by atoms with Gasteiger partial charge in [0.05, 0.1) is 10.6 Å². The van der Waals surface area contributed by atoms with Crippen molar-refractivity contribution in [2.24, 2.45) is 0 Å². The minimum Gasteiger partial charge on any atom is -0.384 e. The van der Waals surface area contributed by atoms with Crippen LogP contribution in [0, 0.1) is 10.1 Å². The first-order valence-electron chi connectivity index (χ1n) is 5.48. The number of hydrogen-bond donors (Lipinski definition) is 2. The van der Waals surface area contributed by atoms with Crippen LogP contribution in [0.2, 0.25) is 0 Å². The monoisotopic (exact) mass is 372 g/mol. The summed E-state index contributed by atoms with van der Waals surface area (Å²) in [6.07, 6.45) is 1.12. The maximum absolute atomic E-state index is 12.1. The molecule has 0 saturated carbocycles. The lowest BCUT2D eigenvalue weighted by atomic mass is 10.3. The van der Waals surface area contributed by atoms with E-state index in [1.807, 2.05) is 0 Å². The number of nitrogens with two attached hydrogens (primary N) is 1. The summed E-state index contributed by atoms with van der Waals surface area (Å²) in [6.45, 7) is 0. The van der Waals surface area contributed by atoms with E-state index in [0.29, 0.717) is 0 Å². The third kappa shape index (κ3) is 3.47. The predicted octanol–water partition coefficient (Wildman–Crippen LogP) is 2.14. The Balaban J connectivity index is 2.32. The number of halogens is 1. The van der Waals surface area contributed by atoms with E-state index in [1.54, 1.807) is 0 Å². The molecule has 0 unspecified atom stereocenters. The molecule has 0 amide bonds. The van der Waals surface area contributed by atoms with Crippen LogP contribution in [0.15, 0.2) is 45.9 Å². The Labute approximate surface area is 128 Å². The van der Waals surface area contributed by atoms with Gasteiger partial charge in [0.25, 0.3) is 15.7 Å². The lowest BCUT2D eigenvalue weighted by Gasteiger charge is -2.09. The quantitative estimate of drug-likeness (QED) is 0.624. The van der Waals surface area contributed by atoms with E-state index in [0.717, 1.165) is 6.20 Å². The number of anilines is 2. The number of sulfonamides is 1. The lowest BCUT2D eigenvalue weighted by molar-refractivity contribution is -0.384. The average Bonchev–Trinajstić information content (AvgIpc) is 2.41. The van der Waals surface area contributed by atoms with E-state index in [1.165, 1.54) is 30.3 Å². The van der Waals surface area contributed by atoms with Gasteiger partial charge >= 0.3 is 0 Å². The summed E-state index contributed by atoms with van der Waals surface area (Å²) in [5.41, 5.74) is 5.42. The van der Waals surface area contributed by atoms with Gasteiger partial charge in [-0.3, -0.25) is 14.8 Å². The molecule has 0 aliphatic heterocycles. The number of aromatic nitrogens is 1. The Kier molecular flexibility index (Phi) is 4.09. The third-order valence-electron chi connectivity index (χ3n) is 2.48. The summed E-state index contributed by atoms with van der Waals surface area (Å²) in [7, 11) is -3.85. The second-order valence-corrected chi connectivity index (χ2v) is 6.48. The van der Waals surface area contributed by atoms with Gasteiger partial charge in [-0.05, 0) is 34.1 Å². The lowest BCUT2D eigenvalue weighted by Crippen LogP contribution is -2.13. The molecular formula is C11H9BrN4O4S. The summed E-state index contributed by atoms with van der Waals surface area (Å²) in [5.74, 6) is 0.200. The third-order valence-corrected chi connectivity index (χ3v) is 4.48. The SMILES string of the molecule is Nc1ccc(S(=O)(=O)Nc2ccc([N+](=O)[O-])cc2Br)cn1. The van der Waals surface area contributed by atoms with Crippen molar-refractivity contribution < 1.29 is 13.3 Å². The van der Waals surface area contributed by atoms with Gasteiger partial charge in [0.1, 0.15) is 10.7 Å². The van der Waals surface area contributed by atoms with Gasteiger partial charge in [-0.2, -0.15) is 0 Å². The van der Waals surface area contributed by atoms with Crippen LogP contribution in [0.1, 0.15) is 0 Å². The first kappa shape index (κ1) is 15.2. The molecule has 0 radical (unpaired) electrons. The van der Waals surface area contributed by atoms with Crippen molar-refractivity contribution in [3.63, 3.8) is 0 Å². The zero-order chi connectivity index (χ0) is 15.6. The Morgan fingerprint density at radius 1 is 1.29 bits per heavy atom. The molecule has 21 heavy (non-hydrogen) atoms. The smallest absolute Gasteiger partial charge is 0.270 e. The fraction of sp³-hybridized carbons (Fsp3) is 0. The van der Waals surface area contributed by atoms with E-state index < -0.39 is 14.9 Å². The molecule has 0 bridgehead atoms. The summed E-state index contributed by atoms with van der Waals surface area (Å²) in [4.78, 5) is 13.7. The van der Waals surface area contributed by atoms with E-state index >= 15 is 0 Å². The standard InChI is InChI=1S/C11H9BrN4O4S/c12-9-5-7(16(17)18)1-3-10(9)15-21(19,20)8-2-4-11(13)14-6-8/h1-6,15H,(H2,13,14). The summed E-state index contributed by atoms with van der Waals surface area (Å²) < 4.78 is 26.8. The fourth-order valence-electron chi connectivity index (χ4n) is 1.45. The Hall–Kier alpha value is -2.20. The molecule has 0 aliphatic rings. The van der Waals surface area contributed by atoms with Crippen LogP contribution in [0.3, 0.4) is 0 Å². The number of nitrogens with zero attached hydrogens (tertiary/aromatic N) is 2.